The van der Waals surface area contributed by atoms with E-state index in [2.05, 4.69) is 40.4 Å². The molecule has 0 aliphatic carbocycles. The van der Waals surface area contributed by atoms with Crippen molar-refractivity contribution < 1.29 is 14.3 Å². The Labute approximate surface area is 133 Å². The molecule has 0 aromatic heterocycles. The first-order chi connectivity index (χ1) is 10.0. The SMILES string of the molecule is CNC1C(=O)Nc2cc(OCCOCC(C)C)c(Br)cc21. The van der Waals surface area contributed by atoms with Gasteiger partial charge >= 0.3 is 0 Å². The molecule has 2 N–H and O–H groups in total. The van der Waals surface area contributed by atoms with Crippen LogP contribution in [0, 0.1) is 5.92 Å². The topological polar surface area (TPSA) is 59.6 Å². The molecule has 1 atom stereocenters. The lowest BCUT2D eigenvalue weighted by molar-refractivity contribution is -0.117. The lowest BCUT2D eigenvalue weighted by Crippen LogP contribution is -2.23. The molecule has 21 heavy (non-hydrogen) atoms. The second-order valence-corrected chi connectivity index (χ2v) is 6.25. The lowest BCUT2D eigenvalue weighted by Gasteiger charge is -2.12. The minimum Gasteiger partial charge on any atom is -0.490 e. The number of anilines is 1. The van der Waals surface area contributed by atoms with Crippen LogP contribution in [0.4, 0.5) is 5.69 Å². The van der Waals surface area contributed by atoms with Gasteiger partial charge < -0.3 is 20.1 Å². The Hall–Kier alpha value is -1.11. The number of nitrogens with one attached hydrogen (secondary N) is 2. The summed E-state index contributed by atoms with van der Waals surface area (Å²) in [6, 6.07) is 3.45. The Bertz CT molecular complexity index is 520. The first-order valence-electron chi connectivity index (χ1n) is 7.05. The lowest BCUT2D eigenvalue weighted by atomic mass is 10.1. The molecule has 2 rings (SSSR count). The number of ether oxygens (including phenoxy) is 2. The van der Waals surface area contributed by atoms with E-state index in [0.29, 0.717) is 24.9 Å². The van der Waals surface area contributed by atoms with E-state index in [0.717, 1.165) is 22.3 Å². The zero-order valence-electron chi connectivity index (χ0n) is 12.5. The molecular formula is C15H21BrN2O3. The summed E-state index contributed by atoms with van der Waals surface area (Å²) in [5.74, 6) is 1.18. The maximum atomic E-state index is 11.8. The highest BCUT2D eigenvalue weighted by Gasteiger charge is 2.30. The third kappa shape index (κ3) is 3.96. The van der Waals surface area contributed by atoms with Gasteiger partial charge in [-0.2, -0.15) is 0 Å². The zero-order chi connectivity index (χ0) is 15.4. The van der Waals surface area contributed by atoms with Gasteiger partial charge in [0.2, 0.25) is 5.91 Å². The van der Waals surface area contributed by atoms with Gasteiger partial charge in [0, 0.05) is 23.9 Å². The highest BCUT2D eigenvalue weighted by molar-refractivity contribution is 9.10. The summed E-state index contributed by atoms with van der Waals surface area (Å²) in [6.45, 7) is 5.98. The van der Waals surface area contributed by atoms with Crippen molar-refractivity contribution >= 4 is 27.5 Å². The van der Waals surface area contributed by atoms with E-state index in [9.17, 15) is 4.79 Å². The monoisotopic (exact) mass is 356 g/mol. The summed E-state index contributed by atoms with van der Waals surface area (Å²) < 4.78 is 12.0. The van der Waals surface area contributed by atoms with E-state index in [1.807, 2.05) is 12.1 Å². The van der Waals surface area contributed by atoms with Crippen molar-refractivity contribution in [3.05, 3.63) is 22.2 Å². The molecule has 1 aliphatic rings. The molecule has 0 saturated carbocycles. The minimum atomic E-state index is -0.306. The maximum absolute atomic E-state index is 11.8. The van der Waals surface area contributed by atoms with Crippen molar-refractivity contribution in [2.24, 2.45) is 5.92 Å². The molecule has 0 spiro atoms. The number of amides is 1. The van der Waals surface area contributed by atoms with Gasteiger partial charge in [0.1, 0.15) is 18.4 Å². The Kier molecular flexibility index (Phi) is 5.61. The van der Waals surface area contributed by atoms with Gasteiger partial charge in [-0.1, -0.05) is 13.8 Å². The molecule has 116 valence electrons. The van der Waals surface area contributed by atoms with Crippen LogP contribution in [-0.4, -0.2) is 32.8 Å². The second-order valence-electron chi connectivity index (χ2n) is 5.40. The van der Waals surface area contributed by atoms with Crippen molar-refractivity contribution in [3.63, 3.8) is 0 Å². The molecule has 1 unspecified atom stereocenters. The number of carbonyl (C=O) groups is 1. The Morgan fingerprint density at radius 1 is 1.38 bits per heavy atom. The Balaban J connectivity index is 1.97. The number of hydrogen-bond acceptors (Lipinski definition) is 4. The third-order valence-corrected chi connectivity index (χ3v) is 3.78. The summed E-state index contributed by atoms with van der Waals surface area (Å²) in [5.41, 5.74) is 1.72. The fourth-order valence-corrected chi connectivity index (χ4v) is 2.66. The third-order valence-electron chi connectivity index (χ3n) is 3.16. The number of hydrogen-bond donors (Lipinski definition) is 2. The molecule has 1 aromatic rings. The summed E-state index contributed by atoms with van der Waals surface area (Å²) in [7, 11) is 1.77. The molecule has 0 saturated heterocycles. The standard InChI is InChI=1S/C15H21BrN2O3/c1-9(2)8-20-4-5-21-13-7-12-10(6-11(13)16)14(17-3)15(19)18-12/h6-7,9,14,17H,4-5,8H2,1-3H3,(H,18,19). The van der Waals surface area contributed by atoms with Crippen molar-refractivity contribution in [2.75, 3.05) is 32.2 Å². The van der Waals surface area contributed by atoms with E-state index in [1.54, 1.807) is 7.05 Å². The molecule has 1 aromatic carbocycles. The first kappa shape index (κ1) is 16.3. The highest BCUT2D eigenvalue weighted by atomic mass is 79.9. The molecule has 0 fully saturated rings. The van der Waals surface area contributed by atoms with Crippen molar-refractivity contribution in [3.8, 4) is 5.75 Å². The van der Waals surface area contributed by atoms with Crippen LogP contribution < -0.4 is 15.4 Å². The molecular weight excluding hydrogens is 336 g/mol. The fraction of sp³-hybridized carbons (Fsp3) is 0.533. The molecule has 1 amide bonds. The van der Waals surface area contributed by atoms with E-state index < -0.39 is 0 Å². The van der Waals surface area contributed by atoms with Gasteiger partial charge in [-0.15, -0.1) is 0 Å². The molecule has 0 bridgehead atoms. The highest BCUT2D eigenvalue weighted by Crippen LogP contribution is 2.38. The van der Waals surface area contributed by atoms with Crippen LogP contribution in [0.15, 0.2) is 16.6 Å². The number of carbonyl (C=O) groups excluding carboxylic acids is 1. The average Bonchev–Trinajstić information content (AvgIpc) is 2.72. The van der Waals surface area contributed by atoms with Crippen LogP contribution in [-0.2, 0) is 9.53 Å². The molecule has 1 aliphatic heterocycles. The average molecular weight is 357 g/mol. The van der Waals surface area contributed by atoms with Gasteiger partial charge in [0.15, 0.2) is 0 Å². The number of rotatable bonds is 7. The van der Waals surface area contributed by atoms with E-state index in [1.165, 1.54) is 0 Å². The zero-order valence-corrected chi connectivity index (χ0v) is 14.1. The van der Waals surface area contributed by atoms with Crippen LogP contribution in [0.2, 0.25) is 0 Å². The van der Waals surface area contributed by atoms with E-state index in [-0.39, 0.29) is 11.9 Å². The normalized spacial score (nSPS) is 17.0. The van der Waals surface area contributed by atoms with Crippen LogP contribution >= 0.6 is 15.9 Å². The molecule has 5 nitrogen and oxygen atoms in total. The van der Waals surface area contributed by atoms with Crippen LogP contribution in [0.25, 0.3) is 0 Å². The van der Waals surface area contributed by atoms with Gasteiger partial charge in [-0.05, 0) is 35.0 Å². The molecule has 6 heteroatoms. The quantitative estimate of drug-likeness (QED) is 0.737. The van der Waals surface area contributed by atoms with Crippen molar-refractivity contribution in [1.29, 1.82) is 0 Å². The van der Waals surface area contributed by atoms with Gasteiger partial charge in [-0.25, -0.2) is 0 Å². The van der Waals surface area contributed by atoms with Crippen LogP contribution in [0.1, 0.15) is 25.5 Å². The Morgan fingerprint density at radius 2 is 2.14 bits per heavy atom. The predicted molar refractivity (Wildman–Crippen MR) is 85.7 cm³/mol. The minimum absolute atomic E-state index is 0.0446. The number of likely N-dealkylation sites (N-methyl/N-ethyl adjacent to an activating group) is 1. The number of fused-ring (bicyclic) bond motifs is 1. The number of benzene rings is 1. The summed E-state index contributed by atoms with van der Waals surface area (Å²) >= 11 is 3.49. The van der Waals surface area contributed by atoms with Crippen LogP contribution in [0.3, 0.4) is 0 Å². The summed E-state index contributed by atoms with van der Waals surface area (Å²) in [6.07, 6.45) is 0. The smallest absolute Gasteiger partial charge is 0.246 e. The molecule has 1 heterocycles. The number of halogens is 1. The van der Waals surface area contributed by atoms with Gasteiger partial charge in [0.25, 0.3) is 0 Å². The summed E-state index contributed by atoms with van der Waals surface area (Å²) in [5, 5.41) is 5.84. The Morgan fingerprint density at radius 3 is 2.81 bits per heavy atom. The van der Waals surface area contributed by atoms with Gasteiger partial charge in [0.05, 0.1) is 11.1 Å². The largest absolute Gasteiger partial charge is 0.490 e. The van der Waals surface area contributed by atoms with E-state index >= 15 is 0 Å². The maximum Gasteiger partial charge on any atom is 0.246 e. The first-order valence-corrected chi connectivity index (χ1v) is 7.84. The second kappa shape index (κ2) is 7.24. The van der Waals surface area contributed by atoms with E-state index in [4.69, 9.17) is 9.47 Å². The molecule has 0 radical (unpaired) electrons. The van der Waals surface area contributed by atoms with Crippen LogP contribution in [0.5, 0.6) is 5.75 Å². The van der Waals surface area contributed by atoms with Crippen molar-refractivity contribution in [2.45, 2.75) is 19.9 Å². The predicted octanol–water partition coefficient (Wildman–Crippen LogP) is 2.71. The van der Waals surface area contributed by atoms with Crippen molar-refractivity contribution in [1.82, 2.24) is 5.32 Å². The van der Waals surface area contributed by atoms with Gasteiger partial charge in [-0.3, -0.25) is 4.79 Å². The fourth-order valence-electron chi connectivity index (χ4n) is 2.19. The summed E-state index contributed by atoms with van der Waals surface area (Å²) in [4.78, 5) is 11.8.